The quantitative estimate of drug-likeness (QED) is 0.668. The van der Waals surface area contributed by atoms with Crippen molar-refractivity contribution in [3.05, 3.63) is 71.5 Å². The number of sulfone groups is 1. The summed E-state index contributed by atoms with van der Waals surface area (Å²) in [4.78, 5) is 12.4. The van der Waals surface area contributed by atoms with E-state index in [4.69, 9.17) is 8.94 Å². The van der Waals surface area contributed by atoms with Gasteiger partial charge in [-0.1, -0.05) is 22.9 Å². The molecule has 0 spiro atoms. The number of nitrogens with zero attached hydrogens (tertiary/aromatic N) is 1. The standard InChI is InChI=1S/C19H20N2O5S/c1-13-5-7-16(8-6-13)27(23,24)18(17-4-3-9-25-17)12-20-19(22)11-15-10-14(2)26-21-15/h3-10,18H,11-12H2,1-2H3,(H,20,22). The number of furan rings is 1. The largest absolute Gasteiger partial charge is 0.468 e. The zero-order chi connectivity index (χ0) is 19.4. The molecule has 0 bridgehead atoms. The Balaban J connectivity index is 1.78. The number of hydrogen-bond acceptors (Lipinski definition) is 6. The molecule has 8 heteroatoms. The molecule has 1 unspecified atom stereocenters. The molecule has 142 valence electrons. The van der Waals surface area contributed by atoms with E-state index in [2.05, 4.69) is 10.5 Å². The highest BCUT2D eigenvalue weighted by Crippen LogP contribution is 2.29. The second-order valence-electron chi connectivity index (χ2n) is 6.27. The third-order valence-corrected chi connectivity index (χ3v) is 6.17. The number of aryl methyl sites for hydroxylation is 2. The third kappa shape index (κ3) is 4.46. The van der Waals surface area contributed by atoms with Crippen LogP contribution < -0.4 is 5.32 Å². The number of rotatable bonds is 7. The summed E-state index contributed by atoms with van der Waals surface area (Å²) in [6.45, 7) is 3.50. The lowest BCUT2D eigenvalue weighted by Gasteiger charge is -2.16. The summed E-state index contributed by atoms with van der Waals surface area (Å²) < 4.78 is 36.4. The molecular formula is C19H20N2O5S. The topological polar surface area (TPSA) is 102 Å². The monoisotopic (exact) mass is 388 g/mol. The zero-order valence-corrected chi connectivity index (χ0v) is 15.8. The number of aromatic nitrogens is 1. The number of benzene rings is 1. The van der Waals surface area contributed by atoms with Gasteiger partial charge in [0.05, 0.1) is 23.3 Å². The molecule has 2 heterocycles. The van der Waals surface area contributed by atoms with Gasteiger partial charge in [0.25, 0.3) is 0 Å². The SMILES string of the molecule is Cc1ccc(S(=O)(=O)C(CNC(=O)Cc2cc(C)on2)c2ccco2)cc1. The fourth-order valence-electron chi connectivity index (χ4n) is 2.66. The molecule has 0 aliphatic carbocycles. The molecule has 1 atom stereocenters. The molecule has 1 amide bonds. The summed E-state index contributed by atoms with van der Waals surface area (Å²) >= 11 is 0. The molecule has 0 saturated carbocycles. The van der Waals surface area contributed by atoms with Crippen LogP contribution in [0.4, 0.5) is 0 Å². The first-order chi connectivity index (χ1) is 12.9. The Morgan fingerprint density at radius 3 is 2.52 bits per heavy atom. The van der Waals surface area contributed by atoms with Crippen LogP contribution in [0.25, 0.3) is 0 Å². The zero-order valence-electron chi connectivity index (χ0n) is 15.0. The van der Waals surface area contributed by atoms with Crippen molar-refractivity contribution in [2.24, 2.45) is 0 Å². The van der Waals surface area contributed by atoms with Gasteiger partial charge in [-0.3, -0.25) is 4.79 Å². The van der Waals surface area contributed by atoms with Gasteiger partial charge in [-0.15, -0.1) is 0 Å². The molecule has 2 aromatic heterocycles. The van der Waals surface area contributed by atoms with Gasteiger partial charge in [0, 0.05) is 12.6 Å². The van der Waals surface area contributed by atoms with Gasteiger partial charge in [0.1, 0.15) is 16.8 Å². The van der Waals surface area contributed by atoms with Crippen LogP contribution in [0.3, 0.4) is 0 Å². The molecule has 0 saturated heterocycles. The first-order valence-electron chi connectivity index (χ1n) is 8.39. The predicted molar refractivity (Wildman–Crippen MR) is 97.8 cm³/mol. The van der Waals surface area contributed by atoms with Crippen molar-refractivity contribution in [2.45, 2.75) is 30.4 Å². The van der Waals surface area contributed by atoms with E-state index in [9.17, 15) is 13.2 Å². The lowest BCUT2D eigenvalue weighted by atomic mass is 10.2. The first kappa shape index (κ1) is 18.9. The van der Waals surface area contributed by atoms with Gasteiger partial charge in [0.2, 0.25) is 5.91 Å². The second-order valence-corrected chi connectivity index (χ2v) is 8.40. The van der Waals surface area contributed by atoms with E-state index in [1.54, 1.807) is 49.4 Å². The van der Waals surface area contributed by atoms with Gasteiger partial charge in [-0.25, -0.2) is 8.42 Å². The van der Waals surface area contributed by atoms with Crippen LogP contribution in [0.5, 0.6) is 0 Å². The lowest BCUT2D eigenvalue weighted by Crippen LogP contribution is -2.32. The van der Waals surface area contributed by atoms with Gasteiger partial charge < -0.3 is 14.3 Å². The minimum absolute atomic E-state index is 0.00674. The van der Waals surface area contributed by atoms with Crippen LogP contribution in [-0.4, -0.2) is 26.0 Å². The van der Waals surface area contributed by atoms with Crippen molar-refractivity contribution in [2.75, 3.05) is 6.54 Å². The smallest absolute Gasteiger partial charge is 0.226 e. The Kier molecular flexibility index (Phi) is 5.46. The number of hydrogen-bond donors (Lipinski definition) is 1. The molecule has 0 aliphatic rings. The molecule has 1 aromatic carbocycles. The second kappa shape index (κ2) is 7.79. The van der Waals surface area contributed by atoms with E-state index in [0.717, 1.165) is 5.56 Å². The maximum atomic E-state index is 13.1. The van der Waals surface area contributed by atoms with Crippen molar-refractivity contribution in [1.29, 1.82) is 0 Å². The van der Waals surface area contributed by atoms with Gasteiger partial charge in [-0.05, 0) is 38.1 Å². The Labute approximate surface area is 157 Å². The average Bonchev–Trinajstić information content (AvgIpc) is 3.27. The molecule has 0 aliphatic heterocycles. The number of nitrogens with one attached hydrogen (secondary N) is 1. The predicted octanol–water partition coefficient (Wildman–Crippen LogP) is 2.76. The van der Waals surface area contributed by atoms with Crippen LogP contribution in [-0.2, 0) is 21.1 Å². The van der Waals surface area contributed by atoms with Crippen LogP contribution in [0, 0.1) is 13.8 Å². The van der Waals surface area contributed by atoms with E-state index in [1.807, 2.05) is 6.92 Å². The van der Waals surface area contributed by atoms with Crippen molar-refractivity contribution in [3.63, 3.8) is 0 Å². The van der Waals surface area contributed by atoms with E-state index in [1.165, 1.54) is 6.26 Å². The number of carbonyl (C=O) groups excluding carboxylic acids is 1. The molecular weight excluding hydrogens is 368 g/mol. The summed E-state index contributed by atoms with van der Waals surface area (Å²) in [7, 11) is -3.75. The molecule has 3 rings (SSSR count). The molecule has 1 N–H and O–H groups in total. The Bertz CT molecular complexity index is 1000. The maximum absolute atomic E-state index is 13.1. The Morgan fingerprint density at radius 1 is 1.19 bits per heavy atom. The van der Waals surface area contributed by atoms with Gasteiger partial charge in [0.15, 0.2) is 9.84 Å². The summed E-state index contributed by atoms with van der Waals surface area (Å²) in [6, 6.07) is 11.4. The highest BCUT2D eigenvalue weighted by molar-refractivity contribution is 7.91. The summed E-state index contributed by atoms with van der Waals surface area (Å²) in [6.07, 6.45) is 1.42. The van der Waals surface area contributed by atoms with E-state index < -0.39 is 15.1 Å². The number of carbonyl (C=O) groups is 1. The first-order valence-corrected chi connectivity index (χ1v) is 9.94. The minimum Gasteiger partial charge on any atom is -0.468 e. The van der Waals surface area contributed by atoms with Gasteiger partial charge >= 0.3 is 0 Å². The number of amides is 1. The molecule has 27 heavy (non-hydrogen) atoms. The third-order valence-electron chi connectivity index (χ3n) is 4.09. The normalized spacial score (nSPS) is 12.7. The average molecular weight is 388 g/mol. The van der Waals surface area contributed by atoms with E-state index in [0.29, 0.717) is 11.5 Å². The molecule has 7 nitrogen and oxygen atoms in total. The van der Waals surface area contributed by atoms with Crippen LogP contribution in [0.15, 0.2) is 62.6 Å². The van der Waals surface area contributed by atoms with Crippen molar-refractivity contribution in [1.82, 2.24) is 10.5 Å². The summed E-state index contributed by atoms with van der Waals surface area (Å²) in [5.74, 6) is 0.528. The Morgan fingerprint density at radius 2 is 1.93 bits per heavy atom. The summed E-state index contributed by atoms with van der Waals surface area (Å²) in [5, 5.41) is 5.39. The maximum Gasteiger partial charge on any atom is 0.226 e. The minimum atomic E-state index is -3.75. The van der Waals surface area contributed by atoms with Crippen LogP contribution >= 0.6 is 0 Å². The fourth-order valence-corrected chi connectivity index (χ4v) is 4.25. The van der Waals surface area contributed by atoms with Crippen LogP contribution in [0.2, 0.25) is 0 Å². The lowest BCUT2D eigenvalue weighted by molar-refractivity contribution is -0.120. The van der Waals surface area contributed by atoms with Gasteiger partial charge in [-0.2, -0.15) is 0 Å². The van der Waals surface area contributed by atoms with E-state index in [-0.39, 0.29) is 29.5 Å². The van der Waals surface area contributed by atoms with Crippen molar-refractivity contribution >= 4 is 15.7 Å². The van der Waals surface area contributed by atoms with Crippen LogP contribution in [0.1, 0.15) is 28.0 Å². The summed E-state index contributed by atoms with van der Waals surface area (Å²) in [5.41, 5.74) is 1.45. The van der Waals surface area contributed by atoms with Crippen molar-refractivity contribution in [3.8, 4) is 0 Å². The molecule has 3 aromatic rings. The van der Waals surface area contributed by atoms with Crippen molar-refractivity contribution < 1.29 is 22.2 Å². The highest BCUT2D eigenvalue weighted by Gasteiger charge is 2.31. The Hall–Kier alpha value is -2.87. The highest BCUT2D eigenvalue weighted by atomic mass is 32.2. The molecule has 0 fully saturated rings. The fraction of sp³-hybridized carbons (Fsp3) is 0.263. The van der Waals surface area contributed by atoms with E-state index >= 15 is 0 Å². The molecule has 0 radical (unpaired) electrons.